The van der Waals surface area contributed by atoms with E-state index in [4.69, 9.17) is 4.98 Å². The molecule has 0 aliphatic heterocycles. The zero-order valence-corrected chi connectivity index (χ0v) is 14.3. The Bertz CT molecular complexity index is 697. The van der Waals surface area contributed by atoms with Gasteiger partial charge in [0.05, 0.1) is 10.6 Å². The summed E-state index contributed by atoms with van der Waals surface area (Å²) < 4.78 is 1.06. The molecule has 0 aliphatic carbocycles. The molecule has 0 bridgehead atoms. The Morgan fingerprint density at radius 3 is 2.26 bits per heavy atom. The van der Waals surface area contributed by atoms with E-state index in [9.17, 15) is 4.79 Å². The van der Waals surface area contributed by atoms with Gasteiger partial charge in [-0.1, -0.05) is 72.4 Å². The van der Waals surface area contributed by atoms with Gasteiger partial charge in [-0.15, -0.1) is 11.3 Å². The van der Waals surface area contributed by atoms with Gasteiger partial charge in [0.15, 0.2) is 4.34 Å². The number of carbonyl (C=O) groups is 1. The molecule has 0 unspecified atom stereocenters. The quantitative estimate of drug-likeness (QED) is 0.321. The van der Waals surface area contributed by atoms with E-state index in [-0.39, 0.29) is 0 Å². The van der Waals surface area contributed by atoms with E-state index < -0.39 is 0 Å². The minimum Gasteiger partial charge on any atom is -0.303 e. The molecule has 0 spiro atoms. The van der Waals surface area contributed by atoms with Gasteiger partial charge in [0, 0.05) is 17.7 Å². The smallest absolute Gasteiger partial charge is 0.151 e. The summed E-state index contributed by atoms with van der Waals surface area (Å²) in [6.45, 7) is 0. The van der Waals surface area contributed by atoms with Crippen molar-refractivity contribution in [2.75, 3.05) is 5.75 Å². The lowest BCUT2D eigenvalue weighted by Gasteiger charge is -2.02. The fourth-order valence-corrected chi connectivity index (χ4v) is 4.47. The van der Waals surface area contributed by atoms with E-state index in [0.29, 0.717) is 6.42 Å². The standard InChI is InChI=1S/C19H17NOS2/c21-13-7-8-14-22-19-20-17(15-9-3-1-4-10-15)18(23-19)16-11-5-2-6-12-16/h1-6,9-13H,7-8,14H2. The van der Waals surface area contributed by atoms with Gasteiger partial charge in [-0.3, -0.25) is 0 Å². The predicted molar refractivity (Wildman–Crippen MR) is 99.0 cm³/mol. The molecule has 23 heavy (non-hydrogen) atoms. The van der Waals surface area contributed by atoms with Crippen LogP contribution >= 0.6 is 23.1 Å². The maximum Gasteiger partial charge on any atom is 0.151 e. The number of thioether (sulfide) groups is 1. The second kappa shape index (κ2) is 8.09. The SMILES string of the molecule is O=CCCCSc1nc(-c2ccccc2)c(-c2ccccc2)s1. The summed E-state index contributed by atoms with van der Waals surface area (Å²) in [6, 6.07) is 20.7. The van der Waals surface area contributed by atoms with E-state index >= 15 is 0 Å². The van der Waals surface area contributed by atoms with Crippen LogP contribution in [-0.4, -0.2) is 17.0 Å². The summed E-state index contributed by atoms with van der Waals surface area (Å²) in [5.74, 6) is 0.925. The lowest BCUT2D eigenvalue weighted by Crippen LogP contribution is -1.83. The molecule has 0 fully saturated rings. The Hall–Kier alpha value is -1.91. The highest BCUT2D eigenvalue weighted by molar-refractivity contribution is 8.01. The summed E-state index contributed by atoms with van der Waals surface area (Å²) >= 11 is 3.46. The van der Waals surface area contributed by atoms with Crippen molar-refractivity contribution in [1.82, 2.24) is 4.98 Å². The molecular formula is C19H17NOS2. The largest absolute Gasteiger partial charge is 0.303 e. The molecule has 4 heteroatoms. The van der Waals surface area contributed by atoms with E-state index in [1.165, 1.54) is 10.4 Å². The summed E-state index contributed by atoms with van der Waals surface area (Å²) in [5, 5.41) is 0. The molecule has 0 saturated heterocycles. The van der Waals surface area contributed by atoms with E-state index in [1.807, 2.05) is 24.3 Å². The lowest BCUT2D eigenvalue weighted by molar-refractivity contribution is -0.107. The normalized spacial score (nSPS) is 10.6. The van der Waals surface area contributed by atoms with E-state index in [1.54, 1.807) is 23.1 Å². The number of benzene rings is 2. The number of aldehydes is 1. The summed E-state index contributed by atoms with van der Waals surface area (Å²) in [4.78, 5) is 16.5. The van der Waals surface area contributed by atoms with Gasteiger partial charge in [-0.05, 0) is 12.0 Å². The number of hydrogen-bond acceptors (Lipinski definition) is 4. The fraction of sp³-hybridized carbons (Fsp3) is 0.158. The Morgan fingerprint density at radius 2 is 1.61 bits per heavy atom. The molecule has 3 aromatic rings. The average Bonchev–Trinajstić information content (AvgIpc) is 3.05. The molecule has 0 radical (unpaired) electrons. The number of aromatic nitrogens is 1. The van der Waals surface area contributed by atoms with Crippen molar-refractivity contribution in [3.8, 4) is 21.7 Å². The molecule has 1 heterocycles. The molecule has 0 amide bonds. The minimum atomic E-state index is 0.620. The second-order valence-electron chi connectivity index (χ2n) is 5.05. The van der Waals surface area contributed by atoms with Crippen molar-refractivity contribution in [2.45, 2.75) is 17.2 Å². The van der Waals surface area contributed by atoms with Gasteiger partial charge >= 0.3 is 0 Å². The number of hydrogen-bond donors (Lipinski definition) is 0. The van der Waals surface area contributed by atoms with Gasteiger partial charge in [-0.25, -0.2) is 4.98 Å². The van der Waals surface area contributed by atoms with Gasteiger partial charge < -0.3 is 4.79 Å². The van der Waals surface area contributed by atoms with E-state index in [2.05, 4.69) is 36.4 Å². The number of carbonyl (C=O) groups excluding carboxylic acids is 1. The van der Waals surface area contributed by atoms with Crippen LogP contribution in [-0.2, 0) is 4.79 Å². The number of thiazole rings is 1. The molecular weight excluding hydrogens is 322 g/mol. The molecule has 2 aromatic carbocycles. The highest BCUT2D eigenvalue weighted by Gasteiger charge is 2.14. The molecule has 2 nitrogen and oxygen atoms in total. The first-order valence-electron chi connectivity index (χ1n) is 7.56. The topological polar surface area (TPSA) is 30.0 Å². The van der Waals surface area contributed by atoms with Crippen molar-refractivity contribution in [3.05, 3.63) is 60.7 Å². The Balaban J connectivity index is 1.92. The van der Waals surface area contributed by atoms with Crippen molar-refractivity contribution in [1.29, 1.82) is 0 Å². The van der Waals surface area contributed by atoms with Crippen molar-refractivity contribution in [3.63, 3.8) is 0 Å². The third-order valence-corrected chi connectivity index (χ3v) is 5.72. The van der Waals surface area contributed by atoms with Gasteiger partial charge in [0.2, 0.25) is 0 Å². The van der Waals surface area contributed by atoms with Crippen molar-refractivity contribution in [2.24, 2.45) is 0 Å². The third-order valence-electron chi connectivity index (χ3n) is 3.38. The summed E-state index contributed by atoms with van der Waals surface area (Å²) in [6.07, 6.45) is 2.50. The molecule has 3 rings (SSSR count). The first-order valence-corrected chi connectivity index (χ1v) is 9.37. The van der Waals surface area contributed by atoms with Crippen LogP contribution in [0.5, 0.6) is 0 Å². The van der Waals surface area contributed by atoms with Gasteiger partial charge in [-0.2, -0.15) is 0 Å². The molecule has 0 N–H and O–H groups in total. The minimum absolute atomic E-state index is 0.620. The summed E-state index contributed by atoms with van der Waals surface area (Å²) in [7, 11) is 0. The zero-order valence-electron chi connectivity index (χ0n) is 12.6. The Morgan fingerprint density at radius 1 is 0.957 bits per heavy atom. The highest BCUT2D eigenvalue weighted by atomic mass is 32.2. The highest BCUT2D eigenvalue weighted by Crippen LogP contribution is 2.40. The maximum absolute atomic E-state index is 10.4. The zero-order chi connectivity index (χ0) is 15.9. The molecule has 116 valence electrons. The predicted octanol–water partition coefficient (Wildman–Crippen LogP) is 5.55. The van der Waals surface area contributed by atoms with Crippen molar-refractivity contribution >= 4 is 29.4 Å². The average molecular weight is 339 g/mol. The van der Waals surface area contributed by atoms with Gasteiger partial charge in [0.25, 0.3) is 0 Å². The van der Waals surface area contributed by atoms with Crippen LogP contribution in [0.3, 0.4) is 0 Å². The van der Waals surface area contributed by atoms with Crippen LogP contribution in [0, 0.1) is 0 Å². The van der Waals surface area contributed by atoms with Crippen LogP contribution in [0.15, 0.2) is 65.0 Å². The fourth-order valence-electron chi connectivity index (χ4n) is 2.27. The van der Waals surface area contributed by atoms with Crippen LogP contribution in [0.1, 0.15) is 12.8 Å². The van der Waals surface area contributed by atoms with E-state index in [0.717, 1.165) is 34.1 Å². The van der Waals surface area contributed by atoms with Gasteiger partial charge in [0.1, 0.15) is 6.29 Å². The summed E-state index contributed by atoms with van der Waals surface area (Å²) in [5.41, 5.74) is 3.38. The Labute approximate surface area is 144 Å². The van der Waals surface area contributed by atoms with Crippen LogP contribution < -0.4 is 0 Å². The number of nitrogens with zero attached hydrogens (tertiary/aromatic N) is 1. The lowest BCUT2D eigenvalue weighted by atomic mass is 10.1. The number of unbranched alkanes of at least 4 members (excludes halogenated alkanes) is 1. The monoisotopic (exact) mass is 339 g/mol. The van der Waals surface area contributed by atoms with Crippen LogP contribution in [0.4, 0.5) is 0 Å². The number of rotatable bonds is 7. The van der Waals surface area contributed by atoms with Crippen LogP contribution in [0.25, 0.3) is 21.7 Å². The third kappa shape index (κ3) is 4.09. The first-order chi connectivity index (χ1) is 11.4. The first kappa shape index (κ1) is 16.0. The molecule has 0 atom stereocenters. The maximum atomic E-state index is 10.4. The molecule has 0 aliphatic rings. The molecule has 0 saturated carbocycles. The van der Waals surface area contributed by atoms with Crippen molar-refractivity contribution < 1.29 is 4.79 Å². The second-order valence-corrected chi connectivity index (χ2v) is 7.39. The Kier molecular flexibility index (Phi) is 5.61. The molecule has 1 aromatic heterocycles. The van der Waals surface area contributed by atoms with Crippen LogP contribution in [0.2, 0.25) is 0 Å².